The van der Waals surface area contributed by atoms with Gasteiger partial charge >= 0.3 is 0 Å². The first kappa shape index (κ1) is 22.3. The minimum Gasteiger partial charge on any atom is -0.341 e. The van der Waals surface area contributed by atoms with Crippen LogP contribution in [0.1, 0.15) is 17.5 Å². The van der Waals surface area contributed by atoms with E-state index in [9.17, 15) is 9.18 Å². The molecule has 0 spiro atoms. The molecule has 1 aliphatic rings. The van der Waals surface area contributed by atoms with Gasteiger partial charge < -0.3 is 4.90 Å². The van der Waals surface area contributed by atoms with Crippen molar-refractivity contribution in [3.8, 4) is 11.1 Å². The van der Waals surface area contributed by atoms with Crippen LogP contribution in [0, 0.1) is 5.82 Å². The summed E-state index contributed by atoms with van der Waals surface area (Å²) in [6.45, 7) is 4.19. The van der Waals surface area contributed by atoms with Gasteiger partial charge in [0, 0.05) is 32.7 Å². The number of rotatable bonds is 5. The zero-order chi connectivity index (χ0) is 23.3. The number of hydrogen-bond acceptors (Lipinski definition) is 2. The van der Waals surface area contributed by atoms with Gasteiger partial charge in [0.1, 0.15) is 5.82 Å². The molecule has 3 nitrogen and oxygen atoms in total. The maximum atomic E-state index is 13.5. The molecule has 4 aromatic carbocycles. The van der Waals surface area contributed by atoms with Crippen LogP contribution in [-0.2, 0) is 17.8 Å². The van der Waals surface area contributed by atoms with E-state index < -0.39 is 0 Å². The number of carbonyl (C=O) groups excluding carboxylic acids is 1. The van der Waals surface area contributed by atoms with Crippen LogP contribution >= 0.6 is 0 Å². The van der Waals surface area contributed by atoms with Gasteiger partial charge in [-0.3, -0.25) is 9.69 Å². The molecule has 5 rings (SSSR count). The fourth-order valence-electron chi connectivity index (χ4n) is 4.85. The van der Waals surface area contributed by atoms with Crippen molar-refractivity contribution in [2.24, 2.45) is 0 Å². The molecule has 0 bridgehead atoms. The molecule has 0 aliphatic carbocycles. The summed E-state index contributed by atoms with van der Waals surface area (Å²) >= 11 is 0. The molecule has 1 heterocycles. The van der Waals surface area contributed by atoms with E-state index in [0.717, 1.165) is 66.6 Å². The maximum absolute atomic E-state index is 13.5. The second-order valence-corrected chi connectivity index (χ2v) is 9.04. The summed E-state index contributed by atoms with van der Waals surface area (Å²) in [5.41, 5.74) is 4.57. The van der Waals surface area contributed by atoms with E-state index in [1.807, 2.05) is 47.4 Å². The van der Waals surface area contributed by atoms with Crippen molar-refractivity contribution in [2.75, 3.05) is 26.2 Å². The minimum atomic E-state index is -0.205. The smallest absolute Gasteiger partial charge is 0.227 e. The molecule has 1 saturated heterocycles. The fraction of sp³-hybridized carbons (Fsp3) is 0.233. The van der Waals surface area contributed by atoms with Gasteiger partial charge in [-0.1, -0.05) is 72.8 Å². The lowest BCUT2D eigenvalue weighted by atomic mass is 9.97. The van der Waals surface area contributed by atoms with E-state index in [4.69, 9.17) is 0 Å². The lowest BCUT2D eigenvalue weighted by Gasteiger charge is -2.23. The van der Waals surface area contributed by atoms with Gasteiger partial charge in [0.2, 0.25) is 5.91 Å². The Hall–Kier alpha value is -3.50. The van der Waals surface area contributed by atoms with E-state index in [0.29, 0.717) is 6.42 Å². The second-order valence-electron chi connectivity index (χ2n) is 9.04. The van der Waals surface area contributed by atoms with Crippen molar-refractivity contribution in [2.45, 2.75) is 19.4 Å². The highest BCUT2D eigenvalue weighted by Gasteiger charge is 2.20. The molecule has 0 N–H and O–H groups in total. The molecule has 4 aromatic rings. The first-order chi connectivity index (χ1) is 16.7. The summed E-state index contributed by atoms with van der Waals surface area (Å²) in [4.78, 5) is 17.7. The van der Waals surface area contributed by atoms with Gasteiger partial charge in [-0.15, -0.1) is 0 Å². The first-order valence-electron chi connectivity index (χ1n) is 12.0. The second kappa shape index (κ2) is 10.2. The van der Waals surface area contributed by atoms with Gasteiger partial charge in [0.05, 0.1) is 6.42 Å². The van der Waals surface area contributed by atoms with Crippen LogP contribution in [0.4, 0.5) is 4.39 Å². The van der Waals surface area contributed by atoms with Crippen LogP contribution in [0.5, 0.6) is 0 Å². The Morgan fingerprint density at radius 2 is 1.53 bits per heavy atom. The zero-order valence-electron chi connectivity index (χ0n) is 19.3. The minimum absolute atomic E-state index is 0.193. The Morgan fingerprint density at radius 3 is 2.41 bits per heavy atom. The zero-order valence-corrected chi connectivity index (χ0v) is 19.3. The Labute approximate surface area is 200 Å². The molecular weight excluding hydrogens is 423 g/mol. The third kappa shape index (κ3) is 5.18. The molecule has 0 atom stereocenters. The fourth-order valence-corrected chi connectivity index (χ4v) is 4.85. The van der Waals surface area contributed by atoms with Crippen LogP contribution in [0.15, 0.2) is 91.0 Å². The molecule has 1 fully saturated rings. The van der Waals surface area contributed by atoms with Crippen LogP contribution in [0.3, 0.4) is 0 Å². The number of amides is 1. The summed E-state index contributed by atoms with van der Waals surface area (Å²) in [5, 5.41) is 1.98. The van der Waals surface area contributed by atoms with Crippen molar-refractivity contribution >= 4 is 16.7 Å². The van der Waals surface area contributed by atoms with Gasteiger partial charge in [-0.2, -0.15) is 0 Å². The van der Waals surface area contributed by atoms with Crippen molar-refractivity contribution in [1.29, 1.82) is 0 Å². The van der Waals surface area contributed by atoms with Gasteiger partial charge in [0.25, 0.3) is 0 Å². The Bertz CT molecular complexity index is 1290. The maximum Gasteiger partial charge on any atom is 0.227 e. The molecule has 0 aromatic heterocycles. The first-order valence-corrected chi connectivity index (χ1v) is 12.0. The molecule has 34 heavy (non-hydrogen) atoms. The summed E-state index contributed by atoms with van der Waals surface area (Å²) in [7, 11) is 0. The quantitative estimate of drug-likeness (QED) is 0.375. The van der Waals surface area contributed by atoms with Crippen molar-refractivity contribution < 1.29 is 9.18 Å². The highest BCUT2D eigenvalue weighted by Crippen LogP contribution is 2.24. The molecule has 1 aliphatic heterocycles. The number of nitrogens with zero attached hydrogens (tertiary/aromatic N) is 2. The normalized spacial score (nSPS) is 14.8. The van der Waals surface area contributed by atoms with Crippen molar-refractivity contribution in [3.05, 3.63) is 108 Å². The predicted octanol–water partition coefficient (Wildman–Crippen LogP) is 5.92. The average molecular weight is 453 g/mol. The third-order valence-electron chi connectivity index (χ3n) is 6.66. The van der Waals surface area contributed by atoms with E-state index in [2.05, 4.69) is 41.3 Å². The topological polar surface area (TPSA) is 23.6 Å². The molecule has 1 amide bonds. The third-order valence-corrected chi connectivity index (χ3v) is 6.66. The number of benzene rings is 4. The molecule has 0 saturated carbocycles. The summed E-state index contributed by atoms with van der Waals surface area (Å²) in [5.74, 6) is -0.0121. The largest absolute Gasteiger partial charge is 0.341 e. The van der Waals surface area contributed by atoms with Crippen LogP contribution in [0.25, 0.3) is 21.9 Å². The van der Waals surface area contributed by atoms with E-state index >= 15 is 0 Å². The molecule has 0 radical (unpaired) electrons. The Balaban J connectivity index is 1.22. The number of halogens is 1. The Kier molecular flexibility index (Phi) is 6.68. The summed E-state index contributed by atoms with van der Waals surface area (Å²) in [6.07, 6.45) is 1.39. The summed E-state index contributed by atoms with van der Waals surface area (Å²) < 4.78 is 13.5. The summed E-state index contributed by atoms with van der Waals surface area (Å²) in [6, 6.07) is 29.6. The molecular formula is C30H29FN2O. The van der Waals surface area contributed by atoms with Gasteiger partial charge in [0.15, 0.2) is 0 Å². The number of hydrogen-bond donors (Lipinski definition) is 0. The van der Waals surface area contributed by atoms with Gasteiger partial charge in [-0.25, -0.2) is 4.39 Å². The van der Waals surface area contributed by atoms with E-state index in [1.165, 1.54) is 11.6 Å². The average Bonchev–Trinajstić information content (AvgIpc) is 3.11. The van der Waals surface area contributed by atoms with Gasteiger partial charge in [-0.05, 0) is 57.6 Å². The predicted molar refractivity (Wildman–Crippen MR) is 136 cm³/mol. The van der Waals surface area contributed by atoms with E-state index in [1.54, 1.807) is 6.07 Å². The van der Waals surface area contributed by atoms with Crippen LogP contribution in [0.2, 0.25) is 0 Å². The van der Waals surface area contributed by atoms with Crippen LogP contribution < -0.4 is 0 Å². The lowest BCUT2D eigenvalue weighted by Crippen LogP contribution is -2.36. The van der Waals surface area contributed by atoms with Crippen LogP contribution in [-0.4, -0.2) is 41.9 Å². The molecule has 4 heteroatoms. The lowest BCUT2D eigenvalue weighted by molar-refractivity contribution is -0.130. The highest BCUT2D eigenvalue weighted by molar-refractivity contribution is 5.83. The number of carbonyl (C=O) groups is 1. The van der Waals surface area contributed by atoms with Crippen molar-refractivity contribution in [3.63, 3.8) is 0 Å². The van der Waals surface area contributed by atoms with Crippen molar-refractivity contribution in [1.82, 2.24) is 9.80 Å². The number of fused-ring (bicyclic) bond motifs is 1. The molecule has 172 valence electrons. The highest BCUT2D eigenvalue weighted by atomic mass is 19.1. The standard InChI is InChI=1S/C30H29FN2O/c31-28-14-13-25-19-23(11-12-26(25)20-28)22-32-15-6-16-33(18-17-32)30(34)21-27-9-4-5-10-29(27)24-7-2-1-3-8-24/h1-5,7-14,19-20H,6,15-18,21-22H2. The Morgan fingerprint density at radius 1 is 0.765 bits per heavy atom. The SMILES string of the molecule is O=C(Cc1ccccc1-c1ccccc1)N1CCCN(Cc2ccc3cc(F)ccc3c2)CC1. The monoisotopic (exact) mass is 452 g/mol. The molecule has 0 unspecified atom stereocenters. The van der Waals surface area contributed by atoms with E-state index in [-0.39, 0.29) is 11.7 Å².